The summed E-state index contributed by atoms with van der Waals surface area (Å²) in [6, 6.07) is 6.81. The number of benzene rings is 1. The summed E-state index contributed by atoms with van der Waals surface area (Å²) in [5.74, 6) is 0.789. The van der Waals surface area contributed by atoms with Crippen molar-refractivity contribution in [2.24, 2.45) is 0 Å². The molecule has 0 amide bonds. The van der Waals surface area contributed by atoms with E-state index in [0.717, 1.165) is 17.3 Å². The second-order valence-electron chi connectivity index (χ2n) is 3.53. The molecule has 0 fully saturated rings. The van der Waals surface area contributed by atoms with Crippen LogP contribution in [0.5, 0.6) is 0 Å². The zero-order valence-corrected chi connectivity index (χ0v) is 12.0. The Morgan fingerprint density at radius 2 is 1.94 bits per heavy atom. The van der Waals surface area contributed by atoms with Crippen LogP contribution in [0.1, 0.15) is 19.3 Å². The molecule has 1 aromatic carbocycles. The highest BCUT2D eigenvalue weighted by Gasteiger charge is 2.13. The first kappa shape index (κ1) is 14.0. The molecule has 90 valence electrons. The van der Waals surface area contributed by atoms with Gasteiger partial charge in [-0.1, -0.05) is 28.4 Å². The number of rotatable bonds is 6. The monoisotopic (exact) mass is 324 g/mol. The highest BCUT2D eigenvalue weighted by molar-refractivity contribution is 9.10. The Balaban J connectivity index is 2.64. The molecule has 0 aliphatic rings. The molecule has 0 saturated carbocycles. The van der Waals surface area contributed by atoms with Gasteiger partial charge >= 0.3 is 0 Å². The predicted molar refractivity (Wildman–Crippen MR) is 70.8 cm³/mol. The fraction of sp³-hybridized carbons (Fsp3) is 0.455. The minimum atomic E-state index is -3.14. The highest BCUT2D eigenvalue weighted by atomic mass is 79.9. The Morgan fingerprint density at radius 3 is 2.56 bits per heavy atom. The van der Waals surface area contributed by atoms with Crippen molar-refractivity contribution in [1.29, 1.82) is 0 Å². The maximum absolute atomic E-state index is 11.9. The van der Waals surface area contributed by atoms with Gasteiger partial charge in [0.05, 0.1) is 10.6 Å². The second kappa shape index (κ2) is 6.62. The molecule has 0 bridgehead atoms. The van der Waals surface area contributed by atoms with Crippen LogP contribution in [0.2, 0.25) is 0 Å². The molecule has 0 atom stereocenters. The largest absolute Gasteiger partial charge is 0.224 e. The van der Waals surface area contributed by atoms with Gasteiger partial charge in [-0.2, -0.15) is 0 Å². The summed E-state index contributed by atoms with van der Waals surface area (Å²) >= 11 is 8.80. The minimum absolute atomic E-state index is 0.195. The third kappa shape index (κ3) is 4.44. The smallest absolute Gasteiger partial charge is 0.178 e. The third-order valence-electron chi connectivity index (χ3n) is 2.20. The Morgan fingerprint density at radius 1 is 1.19 bits per heavy atom. The lowest BCUT2D eigenvalue weighted by atomic mass is 10.3. The molecular weight excluding hydrogens is 312 g/mol. The fourth-order valence-corrected chi connectivity index (χ4v) is 3.49. The average molecular weight is 326 g/mol. The summed E-state index contributed by atoms with van der Waals surface area (Å²) in [5, 5.41) is 0. The molecule has 1 rings (SSSR count). The van der Waals surface area contributed by atoms with E-state index >= 15 is 0 Å². The Kier molecular flexibility index (Phi) is 5.79. The van der Waals surface area contributed by atoms with Crippen LogP contribution < -0.4 is 0 Å². The van der Waals surface area contributed by atoms with Gasteiger partial charge in [-0.05, 0) is 31.0 Å². The van der Waals surface area contributed by atoms with Crippen LogP contribution in [-0.2, 0) is 9.84 Å². The Bertz CT molecular complexity index is 431. The first-order valence-corrected chi connectivity index (χ1v) is 8.08. The van der Waals surface area contributed by atoms with Crippen molar-refractivity contribution >= 4 is 37.4 Å². The quantitative estimate of drug-likeness (QED) is 0.591. The number of sulfone groups is 1. The SMILES string of the molecule is O=S(=O)(CCCCCCl)c1cccc(Br)c1. The van der Waals surface area contributed by atoms with E-state index < -0.39 is 9.84 Å². The molecule has 5 heteroatoms. The van der Waals surface area contributed by atoms with Gasteiger partial charge in [0.2, 0.25) is 0 Å². The molecular formula is C11H14BrClO2S. The zero-order valence-electron chi connectivity index (χ0n) is 8.83. The molecule has 2 nitrogen and oxygen atoms in total. The Hall–Kier alpha value is -0.0600. The van der Waals surface area contributed by atoms with Gasteiger partial charge in [0, 0.05) is 10.4 Å². The van der Waals surface area contributed by atoms with Gasteiger partial charge in [0.25, 0.3) is 0 Å². The van der Waals surface area contributed by atoms with Gasteiger partial charge < -0.3 is 0 Å². The number of hydrogen-bond donors (Lipinski definition) is 0. The molecule has 0 aliphatic heterocycles. The van der Waals surface area contributed by atoms with Crippen LogP contribution in [0.15, 0.2) is 33.6 Å². The molecule has 0 N–H and O–H groups in total. The van der Waals surface area contributed by atoms with Crippen molar-refractivity contribution in [3.8, 4) is 0 Å². The van der Waals surface area contributed by atoms with E-state index in [4.69, 9.17) is 11.6 Å². The topological polar surface area (TPSA) is 34.1 Å². The van der Waals surface area contributed by atoms with E-state index in [1.165, 1.54) is 0 Å². The number of hydrogen-bond acceptors (Lipinski definition) is 2. The van der Waals surface area contributed by atoms with Crippen molar-refractivity contribution in [3.63, 3.8) is 0 Å². The molecule has 0 radical (unpaired) electrons. The lowest BCUT2D eigenvalue weighted by Gasteiger charge is -2.04. The lowest BCUT2D eigenvalue weighted by Crippen LogP contribution is -2.06. The second-order valence-corrected chi connectivity index (χ2v) is 6.93. The van der Waals surface area contributed by atoms with Gasteiger partial charge in [0.1, 0.15) is 0 Å². The number of unbranched alkanes of at least 4 members (excludes halogenated alkanes) is 2. The maximum atomic E-state index is 11.9. The lowest BCUT2D eigenvalue weighted by molar-refractivity contribution is 0.591. The van der Waals surface area contributed by atoms with Crippen LogP contribution in [0.3, 0.4) is 0 Å². The maximum Gasteiger partial charge on any atom is 0.178 e. The number of alkyl halides is 1. The normalized spacial score (nSPS) is 11.6. The summed E-state index contributed by atoms with van der Waals surface area (Å²) in [6.07, 6.45) is 2.40. The van der Waals surface area contributed by atoms with E-state index in [1.807, 2.05) is 6.07 Å². The van der Waals surface area contributed by atoms with Gasteiger partial charge in [-0.15, -0.1) is 11.6 Å². The first-order chi connectivity index (χ1) is 7.56. The summed E-state index contributed by atoms with van der Waals surface area (Å²) in [5.41, 5.74) is 0. The van der Waals surface area contributed by atoms with Gasteiger partial charge in [-0.3, -0.25) is 0 Å². The molecule has 0 aromatic heterocycles. The van der Waals surface area contributed by atoms with E-state index in [-0.39, 0.29) is 5.75 Å². The van der Waals surface area contributed by atoms with E-state index in [0.29, 0.717) is 17.2 Å². The van der Waals surface area contributed by atoms with Gasteiger partial charge in [-0.25, -0.2) is 8.42 Å². The molecule has 0 heterocycles. The van der Waals surface area contributed by atoms with Crippen molar-refractivity contribution in [3.05, 3.63) is 28.7 Å². The van der Waals surface area contributed by atoms with Crippen LogP contribution in [0.4, 0.5) is 0 Å². The third-order valence-corrected chi connectivity index (χ3v) is 4.76. The van der Waals surface area contributed by atoms with Crippen LogP contribution in [0.25, 0.3) is 0 Å². The fourth-order valence-electron chi connectivity index (χ4n) is 1.34. The van der Waals surface area contributed by atoms with Crippen molar-refractivity contribution in [1.82, 2.24) is 0 Å². The van der Waals surface area contributed by atoms with Crippen molar-refractivity contribution in [2.75, 3.05) is 11.6 Å². The number of halogens is 2. The Labute approximate surface area is 110 Å². The average Bonchev–Trinajstić information content (AvgIpc) is 2.24. The van der Waals surface area contributed by atoms with Gasteiger partial charge in [0.15, 0.2) is 9.84 Å². The standard InChI is InChI=1S/C11H14BrClO2S/c12-10-5-4-6-11(9-10)16(14,15)8-3-1-2-7-13/h4-6,9H,1-3,7-8H2. The predicted octanol–water partition coefficient (Wildman–Crippen LogP) is 3.63. The van der Waals surface area contributed by atoms with Crippen LogP contribution in [-0.4, -0.2) is 20.1 Å². The molecule has 1 aromatic rings. The summed E-state index contributed by atoms with van der Waals surface area (Å²) in [6.45, 7) is 0. The van der Waals surface area contributed by atoms with E-state index in [1.54, 1.807) is 18.2 Å². The zero-order chi connectivity index (χ0) is 12.0. The minimum Gasteiger partial charge on any atom is -0.224 e. The van der Waals surface area contributed by atoms with E-state index in [9.17, 15) is 8.42 Å². The molecule has 0 saturated heterocycles. The highest BCUT2D eigenvalue weighted by Crippen LogP contribution is 2.18. The summed E-state index contributed by atoms with van der Waals surface area (Å²) in [4.78, 5) is 0.382. The molecule has 0 unspecified atom stereocenters. The molecule has 16 heavy (non-hydrogen) atoms. The van der Waals surface area contributed by atoms with Crippen molar-refractivity contribution < 1.29 is 8.42 Å². The summed E-state index contributed by atoms with van der Waals surface area (Å²) in [7, 11) is -3.14. The molecule has 0 spiro atoms. The summed E-state index contributed by atoms with van der Waals surface area (Å²) < 4.78 is 24.6. The van der Waals surface area contributed by atoms with Crippen molar-refractivity contribution in [2.45, 2.75) is 24.2 Å². The van der Waals surface area contributed by atoms with Crippen LogP contribution >= 0.6 is 27.5 Å². The van der Waals surface area contributed by atoms with E-state index in [2.05, 4.69) is 15.9 Å². The first-order valence-electron chi connectivity index (χ1n) is 5.10. The van der Waals surface area contributed by atoms with Crippen LogP contribution in [0, 0.1) is 0 Å². The molecule has 0 aliphatic carbocycles.